The van der Waals surface area contributed by atoms with Crippen LogP contribution in [0.25, 0.3) is 0 Å². The number of hydrogen-bond acceptors (Lipinski definition) is 4. The Morgan fingerprint density at radius 3 is 2.50 bits per heavy atom. The summed E-state index contributed by atoms with van der Waals surface area (Å²) < 4.78 is 5.19. The van der Waals surface area contributed by atoms with Crippen LogP contribution < -0.4 is 9.64 Å². The van der Waals surface area contributed by atoms with Crippen LogP contribution >= 0.6 is 11.6 Å². The van der Waals surface area contributed by atoms with Crippen molar-refractivity contribution in [2.24, 2.45) is 0 Å². The summed E-state index contributed by atoms with van der Waals surface area (Å²) in [6.45, 7) is 0.946. The molecule has 0 aliphatic carbocycles. The van der Waals surface area contributed by atoms with Crippen LogP contribution in [0.4, 0.5) is 5.69 Å². The molecule has 2 aromatic rings. The lowest BCUT2D eigenvalue weighted by Gasteiger charge is -2.24. The first-order chi connectivity index (χ1) is 11.5. The Morgan fingerprint density at radius 1 is 1.12 bits per heavy atom. The smallest absolute Gasteiger partial charge is 0.300 e. The topological polar surface area (TPSA) is 49.9 Å². The minimum atomic E-state index is -0.513. The van der Waals surface area contributed by atoms with Gasteiger partial charge in [0.1, 0.15) is 5.75 Å². The molecule has 24 heavy (non-hydrogen) atoms. The summed E-state index contributed by atoms with van der Waals surface area (Å²) in [5.41, 5.74) is 2.08. The molecule has 1 amide bonds. The second-order valence-corrected chi connectivity index (χ2v) is 6.16. The summed E-state index contributed by atoms with van der Waals surface area (Å²) in [6.07, 6.45) is 0. The van der Waals surface area contributed by atoms with Crippen molar-refractivity contribution in [3.63, 3.8) is 0 Å². The van der Waals surface area contributed by atoms with Gasteiger partial charge in [0.2, 0.25) is 0 Å². The van der Waals surface area contributed by atoms with Gasteiger partial charge in [-0.2, -0.15) is 0 Å². The fourth-order valence-corrected chi connectivity index (χ4v) is 2.86. The van der Waals surface area contributed by atoms with Crippen molar-refractivity contribution < 1.29 is 14.3 Å². The van der Waals surface area contributed by atoms with E-state index in [1.54, 1.807) is 25.3 Å². The quantitative estimate of drug-likeness (QED) is 0.782. The standard InChI is InChI=1S/C18H17ClN2O3/c1-20(10-12-3-5-13(19)6-4-12)11-21-16-9-14(24-2)7-8-15(16)17(22)18(21)23/h3-9H,10-11H2,1-2H3. The molecule has 0 saturated carbocycles. The van der Waals surface area contributed by atoms with E-state index in [1.807, 2.05) is 36.2 Å². The molecule has 2 aromatic carbocycles. The van der Waals surface area contributed by atoms with E-state index >= 15 is 0 Å². The third-order valence-corrected chi connectivity index (χ3v) is 4.18. The molecule has 1 aliphatic heterocycles. The van der Waals surface area contributed by atoms with E-state index in [9.17, 15) is 9.59 Å². The van der Waals surface area contributed by atoms with Crippen molar-refractivity contribution in [2.75, 3.05) is 25.7 Å². The number of rotatable bonds is 5. The Morgan fingerprint density at radius 2 is 1.83 bits per heavy atom. The average molecular weight is 345 g/mol. The fourth-order valence-electron chi connectivity index (χ4n) is 2.73. The third-order valence-electron chi connectivity index (χ3n) is 3.93. The number of ketones is 1. The summed E-state index contributed by atoms with van der Waals surface area (Å²) in [4.78, 5) is 27.8. The number of hydrogen-bond donors (Lipinski definition) is 0. The number of halogens is 1. The molecule has 3 rings (SSSR count). The van der Waals surface area contributed by atoms with Gasteiger partial charge in [-0.3, -0.25) is 19.4 Å². The van der Waals surface area contributed by atoms with Gasteiger partial charge in [-0.25, -0.2) is 0 Å². The van der Waals surface area contributed by atoms with Gasteiger partial charge in [-0.05, 0) is 36.9 Å². The van der Waals surface area contributed by atoms with Gasteiger partial charge in [0, 0.05) is 17.6 Å². The monoisotopic (exact) mass is 344 g/mol. The number of fused-ring (bicyclic) bond motifs is 1. The molecule has 1 heterocycles. The number of methoxy groups -OCH3 is 1. The highest BCUT2D eigenvalue weighted by atomic mass is 35.5. The van der Waals surface area contributed by atoms with Gasteiger partial charge in [0.15, 0.2) is 0 Å². The van der Waals surface area contributed by atoms with Crippen LogP contribution in [0.2, 0.25) is 5.02 Å². The van der Waals surface area contributed by atoms with Crippen LogP contribution in [0.5, 0.6) is 5.75 Å². The van der Waals surface area contributed by atoms with Crippen molar-refractivity contribution in [1.29, 1.82) is 0 Å². The van der Waals surface area contributed by atoms with Gasteiger partial charge in [-0.15, -0.1) is 0 Å². The number of amides is 1. The van der Waals surface area contributed by atoms with Gasteiger partial charge in [0.25, 0.3) is 5.78 Å². The highest BCUT2D eigenvalue weighted by Gasteiger charge is 2.36. The zero-order chi connectivity index (χ0) is 17.3. The molecule has 5 nitrogen and oxygen atoms in total. The van der Waals surface area contributed by atoms with Crippen LogP contribution in [0.3, 0.4) is 0 Å². The first-order valence-corrected chi connectivity index (χ1v) is 7.84. The molecular formula is C18H17ClN2O3. The molecule has 0 saturated heterocycles. The fraction of sp³-hybridized carbons (Fsp3) is 0.222. The van der Waals surface area contributed by atoms with Gasteiger partial charge in [0.05, 0.1) is 25.0 Å². The van der Waals surface area contributed by atoms with Crippen LogP contribution in [0, 0.1) is 0 Å². The highest BCUT2D eigenvalue weighted by Crippen LogP contribution is 2.32. The average Bonchev–Trinajstić information content (AvgIpc) is 2.81. The van der Waals surface area contributed by atoms with E-state index in [4.69, 9.17) is 16.3 Å². The van der Waals surface area contributed by atoms with Crippen molar-refractivity contribution in [2.45, 2.75) is 6.54 Å². The SMILES string of the molecule is COc1ccc2c(c1)N(CN(C)Cc1ccc(Cl)cc1)C(=O)C2=O. The number of carbonyl (C=O) groups is 2. The van der Waals surface area contributed by atoms with Crippen molar-refractivity contribution in [3.05, 3.63) is 58.6 Å². The van der Waals surface area contributed by atoms with E-state index in [0.717, 1.165) is 5.56 Å². The number of nitrogens with zero attached hydrogens (tertiary/aromatic N) is 2. The van der Waals surface area contributed by atoms with Crippen LogP contribution in [-0.2, 0) is 11.3 Å². The Bertz CT molecular complexity index is 789. The molecule has 124 valence electrons. The molecule has 0 atom stereocenters. The Hall–Kier alpha value is -2.37. The van der Waals surface area contributed by atoms with Crippen LogP contribution in [0.1, 0.15) is 15.9 Å². The number of carbonyl (C=O) groups excluding carboxylic acids is 2. The second-order valence-electron chi connectivity index (χ2n) is 5.73. The molecule has 0 spiro atoms. The van der Waals surface area contributed by atoms with Crippen LogP contribution in [0.15, 0.2) is 42.5 Å². The molecule has 0 fully saturated rings. The lowest BCUT2D eigenvalue weighted by atomic mass is 10.1. The number of Topliss-reactive ketones (excluding diaryl/α,β-unsaturated/α-hetero) is 1. The second kappa shape index (κ2) is 6.63. The first-order valence-electron chi connectivity index (χ1n) is 7.47. The molecular weight excluding hydrogens is 328 g/mol. The van der Waals surface area contributed by atoms with Crippen LogP contribution in [-0.4, -0.2) is 37.4 Å². The summed E-state index contributed by atoms with van der Waals surface area (Å²) in [6, 6.07) is 12.6. The molecule has 1 aliphatic rings. The molecule has 0 N–H and O–H groups in total. The van der Waals surface area contributed by atoms with E-state index in [2.05, 4.69) is 0 Å². The Balaban J connectivity index is 1.78. The molecule has 6 heteroatoms. The zero-order valence-electron chi connectivity index (χ0n) is 13.5. The minimum Gasteiger partial charge on any atom is -0.497 e. The van der Waals surface area contributed by atoms with Gasteiger partial charge in [-0.1, -0.05) is 23.7 Å². The normalized spacial score (nSPS) is 13.6. The van der Waals surface area contributed by atoms with Gasteiger partial charge < -0.3 is 4.74 Å². The number of benzene rings is 2. The van der Waals surface area contributed by atoms with Crippen molar-refractivity contribution in [3.8, 4) is 5.75 Å². The number of anilines is 1. The maximum Gasteiger partial charge on any atom is 0.300 e. The van der Waals surface area contributed by atoms with Gasteiger partial charge >= 0.3 is 5.91 Å². The highest BCUT2D eigenvalue weighted by molar-refractivity contribution is 6.52. The summed E-state index contributed by atoms with van der Waals surface area (Å²) in [7, 11) is 3.45. The summed E-state index contributed by atoms with van der Waals surface area (Å²) >= 11 is 5.89. The number of ether oxygens (including phenoxy) is 1. The van der Waals surface area contributed by atoms with Crippen molar-refractivity contribution >= 4 is 29.0 Å². The Kier molecular flexibility index (Phi) is 4.55. The lowest BCUT2D eigenvalue weighted by Crippen LogP contribution is -2.38. The predicted molar refractivity (Wildman–Crippen MR) is 92.6 cm³/mol. The third kappa shape index (κ3) is 3.13. The Labute approximate surface area is 145 Å². The summed E-state index contributed by atoms with van der Waals surface area (Å²) in [5, 5.41) is 0.683. The first kappa shape index (κ1) is 16.5. The summed E-state index contributed by atoms with van der Waals surface area (Å²) in [5.74, 6) is -0.379. The van der Waals surface area contributed by atoms with E-state index < -0.39 is 11.7 Å². The van der Waals surface area contributed by atoms with E-state index in [0.29, 0.717) is 35.2 Å². The maximum absolute atomic E-state index is 12.3. The molecule has 0 radical (unpaired) electrons. The molecule has 0 bridgehead atoms. The van der Waals surface area contributed by atoms with E-state index in [-0.39, 0.29) is 0 Å². The van der Waals surface area contributed by atoms with Crippen molar-refractivity contribution in [1.82, 2.24) is 4.90 Å². The minimum absolute atomic E-state index is 0.313. The van der Waals surface area contributed by atoms with E-state index in [1.165, 1.54) is 4.90 Å². The predicted octanol–water partition coefficient (Wildman–Crippen LogP) is 2.97. The lowest BCUT2D eigenvalue weighted by molar-refractivity contribution is -0.114. The molecule has 0 unspecified atom stereocenters. The zero-order valence-corrected chi connectivity index (χ0v) is 14.2. The largest absolute Gasteiger partial charge is 0.497 e. The maximum atomic E-state index is 12.3. The molecule has 0 aromatic heterocycles.